The van der Waals surface area contributed by atoms with Crippen molar-refractivity contribution in [3.05, 3.63) is 53.4 Å². The van der Waals surface area contributed by atoms with Gasteiger partial charge in [0.25, 0.3) is 0 Å². The summed E-state index contributed by atoms with van der Waals surface area (Å²) in [6, 6.07) is 11.9. The van der Waals surface area contributed by atoms with E-state index in [9.17, 15) is 0 Å². The number of rotatable bonds is 1. The van der Waals surface area contributed by atoms with E-state index in [-0.39, 0.29) is 0 Å². The van der Waals surface area contributed by atoms with Crippen molar-refractivity contribution in [3.63, 3.8) is 0 Å². The van der Waals surface area contributed by atoms with Crippen molar-refractivity contribution in [2.24, 2.45) is 0 Å². The van der Waals surface area contributed by atoms with E-state index >= 15 is 0 Å². The number of para-hydroxylation sites is 2. The quantitative estimate of drug-likeness (QED) is 0.682. The highest BCUT2D eigenvalue weighted by Crippen LogP contribution is 2.17. The van der Waals surface area contributed by atoms with Crippen LogP contribution in [-0.2, 0) is 0 Å². The molecule has 0 spiro atoms. The van der Waals surface area contributed by atoms with E-state index in [1.54, 1.807) is 12.5 Å². The van der Waals surface area contributed by atoms with E-state index in [0.29, 0.717) is 0 Å². The normalized spacial score (nSPS) is 10.8. The van der Waals surface area contributed by atoms with Crippen LogP contribution in [0.4, 0.5) is 0 Å². The van der Waals surface area contributed by atoms with Crippen LogP contribution in [-0.4, -0.2) is 14.5 Å². The summed E-state index contributed by atoms with van der Waals surface area (Å²) in [4.78, 5) is 8.68. The Hall–Kier alpha value is -1.68. The zero-order valence-corrected chi connectivity index (χ0v) is 9.92. The van der Waals surface area contributed by atoms with Gasteiger partial charge in [-0.15, -0.1) is 0 Å². The fourth-order valence-electron chi connectivity index (χ4n) is 1.65. The predicted molar refractivity (Wildman–Crippen MR) is 66.6 cm³/mol. The minimum atomic E-state index is 0.872. The average molecular weight is 274 g/mol. The lowest BCUT2D eigenvalue weighted by Gasteiger charge is -2.02. The van der Waals surface area contributed by atoms with Gasteiger partial charge in [0, 0.05) is 10.7 Å². The van der Waals surface area contributed by atoms with Gasteiger partial charge in [-0.3, -0.25) is 4.57 Å². The second-order valence-electron chi connectivity index (χ2n) is 3.44. The molecule has 0 radical (unpaired) electrons. The Morgan fingerprint density at radius 2 is 1.88 bits per heavy atom. The summed E-state index contributed by atoms with van der Waals surface area (Å²) in [6.45, 7) is 0. The smallest absolute Gasteiger partial charge is 0.138 e. The highest BCUT2D eigenvalue weighted by atomic mass is 79.9. The Balaban J connectivity index is 2.22. The van der Waals surface area contributed by atoms with E-state index in [4.69, 9.17) is 0 Å². The maximum absolute atomic E-state index is 4.35. The molecule has 0 aliphatic carbocycles. The summed E-state index contributed by atoms with van der Waals surface area (Å²) >= 11 is 3.37. The largest absolute Gasteiger partial charge is 0.283 e. The van der Waals surface area contributed by atoms with Crippen LogP contribution in [0.25, 0.3) is 16.9 Å². The van der Waals surface area contributed by atoms with Gasteiger partial charge in [-0.1, -0.05) is 12.1 Å². The fourth-order valence-corrected chi connectivity index (χ4v) is 1.89. The molecule has 16 heavy (non-hydrogen) atoms. The standard InChI is InChI=1S/C12H8BrN3/c13-9-5-6-12(14-7-9)16-8-15-10-3-1-2-4-11(10)16/h1-8H. The number of benzene rings is 1. The second kappa shape index (κ2) is 3.72. The molecular formula is C12H8BrN3. The minimum Gasteiger partial charge on any atom is -0.283 e. The first-order valence-corrected chi connectivity index (χ1v) is 5.68. The van der Waals surface area contributed by atoms with Crippen LogP contribution in [0.2, 0.25) is 0 Å². The van der Waals surface area contributed by atoms with Gasteiger partial charge >= 0.3 is 0 Å². The van der Waals surface area contributed by atoms with E-state index < -0.39 is 0 Å². The zero-order valence-electron chi connectivity index (χ0n) is 8.34. The lowest BCUT2D eigenvalue weighted by Crippen LogP contribution is -1.94. The first-order chi connectivity index (χ1) is 7.84. The van der Waals surface area contributed by atoms with Gasteiger partial charge in [0.05, 0.1) is 11.0 Å². The van der Waals surface area contributed by atoms with Crippen LogP contribution in [0.3, 0.4) is 0 Å². The van der Waals surface area contributed by atoms with Gasteiger partial charge in [-0.05, 0) is 40.2 Å². The predicted octanol–water partition coefficient (Wildman–Crippen LogP) is 3.18. The minimum absolute atomic E-state index is 0.872. The van der Waals surface area contributed by atoms with Crippen LogP contribution < -0.4 is 0 Å². The van der Waals surface area contributed by atoms with Gasteiger partial charge < -0.3 is 0 Å². The van der Waals surface area contributed by atoms with Crippen molar-refractivity contribution >= 4 is 27.0 Å². The highest BCUT2D eigenvalue weighted by molar-refractivity contribution is 9.10. The monoisotopic (exact) mass is 273 g/mol. The molecule has 0 bridgehead atoms. The molecule has 78 valence electrons. The van der Waals surface area contributed by atoms with Gasteiger partial charge in [0.1, 0.15) is 12.1 Å². The lowest BCUT2D eigenvalue weighted by atomic mass is 10.3. The second-order valence-corrected chi connectivity index (χ2v) is 4.35. The summed E-state index contributed by atoms with van der Waals surface area (Å²) in [5.74, 6) is 0.872. The van der Waals surface area contributed by atoms with Gasteiger partial charge in [0.15, 0.2) is 0 Å². The number of imidazole rings is 1. The molecule has 0 atom stereocenters. The summed E-state index contributed by atoms with van der Waals surface area (Å²) in [6.07, 6.45) is 3.57. The third-order valence-electron chi connectivity index (χ3n) is 2.41. The third kappa shape index (κ3) is 1.51. The number of fused-ring (bicyclic) bond motifs is 1. The topological polar surface area (TPSA) is 30.7 Å². The van der Waals surface area contributed by atoms with E-state index in [2.05, 4.69) is 25.9 Å². The maximum Gasteiger partial charge on any atom is 0.138 e. The number of nitrogens with zero attached hydrogens (tertiary/aromatic N) is 3. The molecule has 3 rings (SSSR count). The summed E-state index contributed by atoms with van der Waals surface area (Å²) in [7, 11) is 0. The Morgan fingerprint density at radius 1 is 1.00 bits per heavy atom. The molecule has 3 aromatic rings. The molecule has 1 aromatic carbocycles. The zero-order chi connectivity index (χ0) is 11.0. The molecule has 0 saturated carbocycles. The molecule has 2 aromatic heterocycles. The maximum atomic E-state index is 4.35. The highest BCUT2D eigenvalue weighted by Gasteiger charge is 2.03. The van der Waals surface area contributed by atoms with Crippen molar-refractivity contribution in [2.75, 3.05) is 0 Å². The van der Waals surface area contributed by atoms with E-state index in [1.807, 2.05) is 41.0 Å². The number of aromatic nitrogens is 3. The molecule has 0 unspecified atom stereocenters. The van der Waals surface area contributed by atoms with Crippen molar-refractivity contribution in [1.29, 1.82) is 0 Å². The van der Waals surface area contributed by atoms with Gasteiger partial charge in [-0.25, -0.2) is 9.97 Å². The first-order valence-electron chi connectivity index (χ1n) is 4.88. The Kier molecular flexibility index (Phi) is 2.22. The molecular weight excluding hydrogens is 266 g/mol. The van der Waals surface area contributed by atoms with E-state index in [1.165, 1.54) is 0 Å². The average Bonchev–Trinajstić information content (AvgIpc) is 2.74. The fraction of sp³-hybridized carbons (Fsp3) is 0. The third-order valence-corrected chi connectivity index (χ3v) is 2.88. The van der Waals surface area contributed by atoms with Crippen molar-refractivity contribution in [3.8, 4) is 5.82 Å². The Morgan fingerprint density at radius 3 is 2.69 bits per heavy atom. The molecule has 0 aliphatic rings. The van der Waals surface area contributed by atoms with Crippen LogP contribution in [0, 0.1) is 0 Å². The first kappa shape index (κ1) is 9.54. The number of hydrogen-bond acceptors (Lipinski definition) is 2. The van der Waals surface area contributed by atoms with Crippen molar-refractivity contribution in [2.45, 2.75) is 0 Å². The van der Waals surface area contributed by atoms with Gasteiger partial charge in [0.2, 0.25) is 0 Å². The molecule has 0 aliphatic heterocycles. The van der Waals surface area contributed by atoms with E-state index in [0.717, 1.165) is 21.3 Å². The molecule has 0 saturated heterocycles. The summed E-state index contributed by atoms with van der Waals surface area (Å²) in [5, 5.41) is 0. The molecule has 3 nitrogen and oxygen atoms in total. The molecule has 0 N–H and O–H groups in total. The van der Waals surface area contributed by atoms with Crippen molar-refractivity contribution < 1.29 is 0 Å². The van der Waals surface area contributed by atoms with Crippen molar-refractivity contribution in [1.82, 2.24) is 14.5 Å². The summed E-state index contributed by atoms with van der Waals surface area (Å²) in [5.41, 5.74) is 2.05. The van der Waals surface area contributed by atoms with Gasteiger partial charge in [-0.2, -0.15) is 0 Å². The number of hydrogen-bond donors (Lipinski definition) is 0. The number of halogens is 1. The number of pyridine rings is 1. The van der Waals surface area contributed by atoms with Crippen LogP contribution in [0.15, 0.2) is 53.4 Å². The van der Waals surface area contributed by atoms with Crippen LogP contribution in [0.5, 0.6) is 0 Å². The molecule has 0 amide bonds. The van der Waals surface area contributed by atoms with Crippen LogP contribution in [0.1, 0.15) is 0 Å². The lowest BCUT2D eigenvalue weighted by molar-refractivity contribution is 1.02. The molecule has 4 heteroatoms. The summed E-state index contributed by atoms with van der Waals surface area (Å²) < 4.78 is 2.95. The molecule has 0 fully saturated rings. The molecule has 2 heterocycles. The SMILES string of the molecule is Brc1ccc(-n2cnc3ccccc32)nc1. The van der Waals surface area contributed by atoms with Crippen LogP contribution >= 0.6 is 15.9 Å². The Labute approximate surface area is 101 Å². The Bertz CT molecular complexity index is 628.